The van der Waals surface area contributed by atoms with Gasteiger partial charge in [-0.2, -0.15) is 18.3 Å². The van der Waals surface area contributed by atoms with Crippen LogP contribution in [-0.4, -0.2) is 93.0 Å². The van der Waals surface area contributed by atoms with Gasteiger partial charge in [0.1, 0.15) is 17.9 Å². The molecule has 4 heterocycles. The summed E-state index contributed by atoms with van der Waals surface area (Å²) in [4.78, 5) is 46.9. The van der Waals surface area contributed by atoms with Crippen LogP contribution in [0, 0.1) is 0 Å². The van der Waals surface area contributed by atoms with E-state index < -0.39 is 17.8 Å². The van der Waals surface area contributed by atoms with Crippen LogP contribution in [0.4, 0.5) is 18.9 Å². The van der Waals surface area contributed by atoms with Crippen molar-refractivity contribution in [2.45, 2.75) is 25.6 Å². The highest BCUT2D eigenvalue weighted by atomic mass is 19.4. The minimum absolute atomic E-state index is 0.0389. The van der Waals surface area contributed by atoms with Crippen LogP contribution in [0.25, 0.3) is 10.9 Å². The van der Waals surface area contributed by atoms with Gasteiger partial charge in [-0.25, -0.2) is 4.98 Å². The minimum Gasteiger partial charge on any atom is -0.342 e. The van der Waals surface area contributed by atoms with E-state index >= 15 is 0 Å². The van der Waals surface area contributed by atoms with Crippen LogP contribution in [0.3, 0.4) is 0 Å². The summed E-state index contributed by atoms with van der Waals surface area (Å²) >= 11 is 0. The lowest BCUT2D eigenvalue weighted by Gasteiger charge is -2.35. The van der Waals surface area contributed by atoms with Gasteiger partial charge in [-0.1, -0.05) is 6.07 Å². The molecule has 10 nitrogen and oxygen atoms in total. The number of carbonyl (C=O) groups is 3. The molecule has 0 bridgehead atoms. The fourth-order valence-corrected chi connectivity index (χ4v) is 4.80. The van der Waals surface area contributed by atoms with Crippen molar-refractivity contribution >= 4 is 34.3 Å². The fraction of sp³-hybridized carbons (Fsp3) is 0.423. The summed E-state index contributed by atoms with van der Waals surface area (Å²) in [5.41, 5.74) is -0.541. The first-order valence-corrected chi connectivity index (χ1v) is 12.8. The van der Waals surface area contributed by atoms with Gasteiger partial charge < -0.3 is 15.1 Å². The van der Waals surface area contributed by atoms with E-state index in [0.717, 1.165) is 38.1 Å². The number of anilines is 1. The van der Waals surface area contributed by atoms with Crippen molar-refractivity contribution in [3.8, 4) is 0 Å². The Morgan fingerprint density at radius 3 is 2.28 bits per heavy atom. The Labute approximate surface area is 222 Å². The topological polar surface area (TPSA) is 104 Å². The van der Waals surface area contributed by atoms with Gasteiger partial charge in [0, 0.05) is 56.5 Å². The Kier molecular flexibility index (Phi) is 7.51. The van der Waals surface area contributed by atoms with Crippen LogP contribution in [0.2, 0.25) is 0 Å². The molecule has 3 aromatic rings. The van der Waals surface area contributed by atoms with Crippen LogP contribution in [-0.2, 0) is 22.3 Å². The summed E-state index contributed by atoms with van der Waals surface area (Å²) in [6.07, 6.45) is -0.856. The second kappa shape index (κ2) is 11.0. The van der Waals surface area contributed by atoms with Crippen LogP contribution in [0.5, 0.6) is 0 Å². The molecule has 1 aromatic carbocycles. The predicted octanol–water partition coefficient (Wildman–Crippen LogP) is 2.47. The SMILES string of the molecule is O=C(Nc1ccc2nn(CC(=O)N3CCN(CC(=O)N4CCCC4)CC3)cc2c1)c1cccc(C(F)(F)F)n1. The molecule has 1 N–H and O–H groups in total. The van der Waals surface area contributed by atoms with Gasteiger partial charge in [-0.05, 0) is 43.2 Å². The molecular formula is C26H28F3N7O3. The monoisotopic (exact) mass is 543 g/mol. The summed E-state index contributed by atoms with van der Waals surface area (Å²) in [5, 5.41) is 7.63. The quantitative estimate of drug-likeness (QED) is 0.513. The third kappa shape index (κ3) is 6.36. The zero-order chi connectivity index (χ0) is 27.6. The van der Waals surface area contributed by atoms with Gasteiger partial charge in [0.25, 0.3) is 5.91 Å². The van der Waals surface area contributed by atoms with E-state index in [9.17, 15) is 27.6 Å². The maximum Gasteiger partial charge on any atom is 0.433 e. The summed E-state index contributed by atoms with van der Waals surface area (Å²) in [6, 6.07) is 8.00. The van der Waals surface area contributed by atoms with Crippen molar-refractivity contribution in [3.63, 3.8) is 0 Å². The number of halogens is 3. The van der Waals surface area contributed by atoms with E-state index in [2.05, 4.69) is 20.3 Å². The van der Waals surface area contributed by atoms with Gasteiger partial charge >= 0.3 is 6.18 Å². The number of alkyl halides is 3. The molecule has 0 saturated carbocycles. The molecule has 3 amide bonds. The van der Waals surface area contributed by atoms with Crippen molar-refractivity contribution in [2.75, 3.05) is 51.1 Å². The number of aromatic nitrogens is 3. The Bertz CT molecular complexity index is 1380. The van der Waals surface area contributed by atoms with Gasteiger partial charge in [0.05, 0.1) is 12.1 Å². The average molecular weight is 544 g/mol. The standard InChI is InChI=1S/C26H28F3N7O3/c27-26(28,29)22-5-3-4-21(31-22)25(39)30-19-6-7-20-18(14-19)15-36(32-20)17-24(38)35-12-10-33(11-13-35)16-23(37)34-8-1-2-9-34/h3-7,14-15H,1-2,8-13,16-17H2,(H,30,39). The fourth-order valence-electron chi connectivity index (χ4n) is 4.80. The Hall–Kier alpha value is -4.00. The predicted molar refractivity (Wildman–Crippen MR) is 136 cm³/mol. The van der Waals surface area contributed by atoms with Gasteiger partial charge in [0.15, 0.2) is 0 Å². The van der Waals surface area contributed by atoms with Crippen molar-refractivity contribution < 1.29 is 27.6 Å². The largest absolute Gasteiger partial charge is 0.433 e. The maximum absolute atomic E-state index is 12.9. The molecule has 2 aliphatic heterocycles. The molecule has 2 aromatic heterocycles. The van der Waals surface area contributed by atoms with Crippen molar-refractivity contribution in [3.05, 3.63) is 54.0 Å². The molecule has 2 fully saturated rings. The second-order valence-electron chi connectivity index (χ2n) is 9.71. The number of nitrogens with one attached hydrogen (secondary N) is 1. The molecule has 2 saturated heterocycles. The van der Waals surface area contributed by atoms with Crippen LogP contribution in [0.15, 0.2) is 42.6 Å². The molecule has 0 unspecified atom stereocenters. The zero-order valence-corrected chi connectivity index (χ0v) is 21.2. The van der Waals surface area contributed by atoms with Crippen molar-refractivity contribution in [2.24, 2.45) is 0 Å². The maximum atomic E-state index is 12.9. The summed E-state index contributed by atoms with van der Waals surface area (Å²) in [6.45, 7) is 4.42. The Morgan fingerprint density at radius 1 is 0.872 bits per heavy atom. The molecule has 206 valence electrons. The molecular weight excluding hydrogens is 515 g/mol. The lowest BCUT2D eigenvalue weighted by atomic mass is 10.2. The van der Waals surface area contributed by atoms with E-state index in [1.165, 1.54) is 10.7 Å². The van der Waals surface area contributed by atoms with Crippen LogP contribution >= 0.6 is 0 Å². The number of benzene rings is 1. The number of piperazine rings is 1. The third-order valence-electron chi connectivity index (χ3n) is 6.92. The van der Waals surface area contributed by atoms with Crippen LogP contribution < -0.4 is 5.32 Å². The van der Waals surface area contributed by atoms with E-state index in [4.69, 9.17) is 0 Å². The second-order valence-corrected chi connectivity index (χ2v) is 9.71. The number of hydrogen-bond acceptors (Lipinski definition) is 6. The Morgan fingerprint density at radius 2 is 1.56 bits per heavy atom. The highest BCUT2D eigenvalue weighted by Crippen LogP contribution is 2.27. The smallest absolute Gasteiger partial charge is 0.342 e. The number of hydrogen-bond donors (Lipinski definition) is 1. The third-order valence-corrected chi connectivity index (χ3v) is 6.92. The van der Waals surface area contributed by atoms with E-state index in [-0.39, 0.29) is 24.1 Å². The molecule has 39 heavy (non-hydrogen) atoms. The van der Waals surface area contributed by atoms with E-state index in [0.29, 0.717) is 49.3 Å². The number of fused-ring (bicyclic) bond motifs is 1. The Balaban J connectivity index is 1.16. The normalized spacial score (nSPS) is 16.6. The molecule has 2 aliphatic rings. The molecule has 13 heteroatoms. The highest BCUT2D eigenvalue weighted by Gasteiger charge is 2.33. The van der Waals surface area contributed by atoms with Gasteiger partial charge in [0.2, 0.25) is 11.8 Å². The van der Waals surface area contributed by atoms with Gasteiger partial charge in [-0.3, -0.25) is 24.0 Å². The number of pyridine rings is 1. The molecule has 0 aliphatic carbocycles. The summed E-state index contributed by atoms with van der Waals surface area (Å²) in [5.74, 6) is -0.709. The van der Waals surface area contributed by atoms with Crippen molar-refractivity contribution in [1.29, 1.82) is 0 Å². The van der Waals surface area contributed by atoms with Crippen molar-refractivity contribution in [1.82, 2.24) is 29.5 Å². The number of likely N-dealkylation sites (tertiary alicyclic amines) is 1. The molecule has 0 atom stereocenters. The molecule has 0 radical (unpaired) electrons. The highest BCUT2D eigenvalue weighted by molar-refractivity contribution is 6.03. The van der Waals surface area contributed by atoms with Crippen LogP contribution in [0.1, 0.15) is 29.0 Å². The number of carbonyl (C=O) groups excluding carboxylic acids is 3. The first-order chi connectivity index (χ1) is 18.7. The molecule has 0 spiro atoms. The number of rotatable bonds is 6. The lowest BCUT2D eigenvalue weighted by molar-refractivity contribution is -0.141. The zero-order valence-electron chi connectivity index (χ0n) is 21.2. The lowest BCUT2D eigenvalue weighted by Crippen LogP contribution is -2.52. The van der Waals surface area contributed by atoms with Gasteiger partial charge in [-0.15, -0.1) is 0 Å². The summed E-state index contributed by atoms with van der Waals surface area (Å²) < 4.78 is 40.3. The summed E-state index contributed by atoms with van der Waals surface area (Å²) in [7, 11) is 0. The first kappa shape index (κ1) is 26.6. The minimum atomic E-state index is -4.65. The van der Waals surface area contributed by atoms with E-state index in [1.54, 1.807) is 29.3 Å². The molecule has 5 rings (SSSR count). The number of amides is 3. The van der Waals surface area contributed by atoms with E-state index in [1.807, 2.05) is 4.90 Å². The average Bonchev–Trinajstić information content (AvgIpc) is 3.58. The first-order valence-electron chi connectivity index (χ1n) is 12.8. The number of nitrogens with zero attached hydrogens (tertiary/aromatic N) is 6.